The molecule has 2 aliphatic rings. The highest BCUT2D eigenvalue weighted by Gasteiger charge is 2.24. The number of nitrogens with one attached hydrogen (secondary N) is 2. The van der Waals surface area contributed by atoms with Crippen LogP contribution in [0.15, 0.2) is 0 Å². The Morgan fingerprint density at radius 2 is 2.11 bits per heavy atom. The fourth-order valence-corrected chi connectivity index (χ4v) is 2.87. The lowest BCUT2D eigenvalue weighted by Gasteiger charge is -2.35. The zero-order chi connectivity index (χ0) is 13.0. The molecule has 1 amide bonds. The first-order valence-electron chi connectivity index (χ1n) is 7.39. The number of hydrogen-bond donors (Lipinski definition) is 2. The third-order valence-electron chi connectivity index (χ3n) is 4.44. The predicted molar refractivity (Wildman–Crippen MR) is 73.4 cm³/mol. The Labute approximate surface area is 110 Å². The molecule has 2 fully saturated rings. The number of rotatable bonds is 4. The van der Waals surface area contributed by atoms with E-state index in [1.165, 1.54) is 25.9 Å². The molecule has 2 heterocycles. The molecule has 0 aromatic heterocycles. The van der Waals surface area contributed by atoms with E-state index in [0.717, 1.165) is 32.0 Å². The third-order valence-corrected chi connectivity index (χ3v) is 4.44. The van der Waals surface area contributed by atoms with Crippen LogP contribution < -0.4 is 10.6 Å². The maximum absolute atomic E-state index is 11.9. The van der Waals surface area contributed by atoms with E-state index in [2.05, 4.69) is 29.4 Å². The van der Waals surface area contributed by atoms with Crippen molar-refractivity contribution in [2.24, 2.45) is 11.8 Å². The highest BCUT2D eigenvalue weighted by molar-refractivity contribution is 5.79. The molecule has 0 saturated carbocycles. The quantitative estimate of drug-likeness (QED) is 0.780. The Hall–Kier alpha value is -0.610. The van der Waals surface area contributed by atoms with E-state index >= 15 is 0 Å². The minimum Gasteiger partial charge on any atom is -0.354 e. The first kappa shape index (κ1) is 13.8. The summed E-state index contributed by atoms with van der Waals surface area (Å²) < 4.78 is 0. The van der Waals surface area contributed by atoms with Crippen LogP contribution >= 0.6 is 0 Å². The molecule has 2 atom stereocenters. The van der Waals surface area contributed by atoms with Crippen molar-refractivity contribution in [2.75, 3.05) is 32.7 Å². The van der Waals surface area contributed by atoms with E-state index in [1.807, 2.05) is 0 Å². The standard InChI is InChI=1S/C14H27N3O/c1-11-4-7-17(8-5-11)12(2)9-16-14(18)13-3-6-15-10-13/h11-13,15H,3-10H2,1-2H3,(H,16,18). The average Bonchev–Trinajstić information content (AvgIpc) is 2.90. The molecule has 0 aliphatic carbocycles. The summed E-state index contributed by atoms with van der Waals surface area (Å²) in [4.78, 5) is 14.4. The molecule has 0 aromatic carbocycles. The second kappa shape index (κ2) is 6.53. The fourth-order valence-electron chi connectivity index (χ4n) is 2.87. The van der Waals surface area contributed by atoms with Gasteiger partial charge in [-0.05, 0) is 51.7 Å². The second-order valence-electron chi connectivity index (χ2n) is 6.00. The average molecular weight is 253 g/mol. The third kappa shape index (κ3) is 3.69. The van der Waals surface area contributed by atoms with E-state index in [4.69, 9.17) is 0 Å². The smallest absolute Gasteiger partial charge is 0.224 e. The number of amides is 1. The molecule has 4 nitrogen and oxygen atoms in total. The van der Waals surface area contributed by atoms with Crippen LogP contribution in [0.4, 0.5) is 0 Å². The first-order chi connectivity index (χ1) is 8.66. The predicted octanol–water partition coefficient (Wildman–Crippen LogP) is 0.833. The molecule has 2 aliphatic heterocycles. The van der Waals surface area contributed by atoms with Gasteiger partial charge in [-0.15, -0.1) is 0 Å². The van der Waals surface area contributed by atoms with Crippen LogP contribution in [0, 0.1) is 11.8 Å². The van der Waals surface area contributed by atoms with Crippen molar-refractivity contribution in [1.82, 2.24) is 15.5 Å². The Morgan fingerprint density at radius 3 is 2.72 bits per heavy atom. The number of nitrogens with zero attached hydrogens (tertiary/aromatic N) is 1. The van der Waals surface area contributed by atoms with Gasteiger partial charge in [0, 0.05) is 19.1 Å². The van der Waals surface area contributed by atoms with Gasteiger partial charge in [0.15, 0.2) is 0 Å². The van der Waals surface area contributed by atoms with Crippen LogP contribution in [0.1, 0.15) is 33.1 Å². The lowest BCUT2D eigenvalue weighted by molar-refractivity contribution is -0.124. The molecule has 0 aromatic rings. The van der Waals surface area contributed by atoms with Crippen molar-refractivity contribution in [3.63, 3.8) is 0 Å². The monoisotopic (exact) mass is 253 g/mol. The van der Waals surface area contributed by atoms with E-state index in [0.29, 0.717) is 6.04 Å². The largest absolute Gasteiger partial charge is 0.354 e. The van der Waals surface area contributed by atoms with E-state index in [-0.39, 0.29) is 11.8 Å². The summed E-state index contributed by atoms with van der Waals surface area (Å²) in [6.07, 6.45) is 3.58. The van der Waals surface area contributed by atoms with Gasteiger partial charge in [-0.1, -0.05) is 6.92 Å². The maximum Gasteiger partial charge on any atom is 0.224 e. The van der Waals surface area contributed by atoms with E-state index < -0.39 is 0 Å². The molecule has 2 unspecified atom stereocenters. The van der Waals surface area contributed by atoms with Crippen molar-refractivity contribution in [3.8, 4) is 0 Å². The molecule has 0 bridgehead atoms. The molecule has 18 heavy (non-hydrogen) atoms. The molecule has 2 saturated heterocycles. The highest BCUT2D eigenvalue weighted by Crippen LogP contribution is 2.17. The molecular weight excluding hydrogens is 226 g/mol. The number of likely N-dealkylation sites (tertiary alicyclic amines) is 1. The molecular formula is C14H27N3O. The summed E-state index contributed by atoms with van der Waals surface area (Å²) >= 11 is 0. The Bertz CT molecular complexity index is 268. The van der Waals surface area contributed by atoms with Gasteiger partial charge in [-0.3, -0.25) is 9.69 Å². The highest BCUT2D eigenvalue weighted by atomic mass is 16.1. The van der Waals surface area contributed by atoms with Crippen LogP contribution in [0.25, 0.3) is 0 Å². The zero-order valence-electron chi connectivity index (χ0n) is 11.7. The molecule has 2 N–H and O–H groups in total. The first-order valence-corrected chi connectivity index (χ1v) is 7.39. The normalized spacial score (nSPS) is 28.2. The van der Waals surface area contributed by atoms with Gasteiger partial charge >= 0.3 is 0 Å². The summed E-state index contributed by atoms with van der Waals surface area (Å²) in [5.41, 5.74) is 0. The summed E-state index contributed by atoms with van der Waals surface area (Å²) in [6.45, 7) is 9.55. The molecule has 4 heteroatoms. The minimum absolute atomic E-state index is 0.193. The van der Waals surface area contributed by atoms with Crippen molar-refractivity contribution < 1.29 is 4.79 Å². The second-order valence-corrected chi connectivity index (χ2v) is 6.00. The molecule has 0 spiro atoms. The fraction of sp³-hybridized carbons (Fsp3) is 0.929. The minimum atomic E-state index is 0.193. The van der Waals surface area contributed by atoms with Gasteiger partial charge in [0.05, 0.1) is 5.92 Å². The number of piperidine rings is 1. The van der Waals surface area contributed by atoms with Crippen molar-refractivity contribution in [2.45, 2.75) is 39.2 Å². The van der Waals surface area contributed by atoms with E-state index in [1.54, 1.807) is 0 Å². The lowest BCUT2D eigenvalue weighted by atomic mass is 9.98. The molecule has 0 radical (unpaired) electrons. The van der Waals surface area contributed by atoms with Crippen LogP contribution in [0.2, 0.25) is 0 Å². The van der Waals surface area contributed by atoms with E-state index in [9.17, 15) is 4.79 Å². The number of hydrogen-bond acceptors (Lipinski definition) is 3. The maximum atomic E-state index is 11.9. The van der Waals surface area contributed by atoms with Crippen LogP contribution in [0.3, 0.4) is 0 Å². The number of carbonyl (C=O) groups is 1. The zero-order valence-corrected chi connectivity index (χ0v) is 11.7. The topological polar surface area (TPSA) is 44.4 Å². The molecule has 104 valence electrons. The summed E-state index contributed by atoms with van der Waals surface area (Å²) in [5.74, 6) is 1.29. The van der Waals surface area contributed by atoms with Crippen LogP contribution in [-0.4, -0.2) is 49.6 Å². The summed E-state index contributed by atoms with van der Waals surface area (Å²) in [5, 5.41) is 6.35. The van der Waals surface area contributed by atoms with Gasteiger partial charge in [-0.2, -0.15) is 0 Å². The number of carbonyl (C=O) groups excluding carboxylic acids is 1. The van der Waals surface area contributed by atoms with Gasteiger partial charge < -0.3 is 10.6 Å². The van der Waals surface area contributed by atoms with Crippen LogP contribution in [0.5, 0.6) is 0 Å². The molecule has 2 rings (SSSR count). The Balaban J connectivity index is 1.67. The van der Waals surface area contributed by atoms with Gasteiger partial charge in [0.1, 0.15) is 0 Å². The summed E-state index contributed by atoms with van der Waals surface area (Å²) in [7, 11) is 0. The van der Waals surface area contributed by atoms with Gasteiger partial charge in [-0.25, -0.2) is 0 Å². The van der Waals surface area contributed by atoms with Crippen LogP contribution in [-0.2, 0) is 4.79 Å². The lowest BCUT2D eigenvalue weighted by Crippen LogP contribution is -2.46. The Morgan fingerprint density at radius 1 is 1.39 bits per heavy atom. The van der Waals surface area contributed by atoms with Crippen molar-refractivity contribution in [1.29, 1.82) is 0 Å². The van der Waals surface area contributed by atoms with Gasteiger partial charge in [0.2, 0.25) is 5.91 Å². The van der Waals surface area contributed by atoms with Gasteiger partial charge in [0.25, 0.3) is 0 Å². The van der Waals surface area contributed by atoms with Crippen molar-refractivity contribution in [3.05, 3.63) is 0 Å². The van der Waals surface area contributed by atoms with Crippen molar-refractivity contribution >= 4 is 5.91 Å². The SMILES string of the molecule is CC1CCN(C(C)CNC(=O)C2CCNC2)CC1. The summed E-state index contributed by atoms with van der Waals surface area (Å²) in [6, 6.07) is 0.468. The Kier molecular flexibility index (Phi) is 5.01.